The van der Waals surface area contributed by atoms with Crippen LogP contribution in [-0.2, 0) is 11.8 Å². The number of carbonyl (C=O) groups is 1. The van der Waals surface area contributed by atoms with Gasteiger partial charge in [0.15, 0.2) is 0 Å². The highest BCUT2D eigenvalue weighted by atomic mass is 19.1. The van der Waals surface area contributed by atoms with Crippen molar-refractivity contribution in [1.29, 1.82) is 0 Å². The first kappa shape index (κ1) is 15.7. The third-order valence-electron chi connectivity index (χ3n) is 3.80. The number of aromatic nitrogens is 1. The zero-order valence-corrected chi connectivity index (χ0v) is 13.3. The molecule has 0 fully saturated rings. The highest BCUT2D eigenvalue weighted by molar-refractivity contribution is 6.01. The lowest BCUT2D eigenvalue weighted by atomic mass is 10.1. The number of nitrogens with one attached hydrogen (secondary N) is 1. The second-order valence-corrected chi connectivity index (χ2v) is 5.51. The number of amides is 1. The van der Waals surface area contributed by atoms with Gasteiger partial charge in [-0.3, -0.25) is 4.79 Å². The normalized spacial score (nSPS) is 11.1. The van der Waals surface area contributed by atoms with Gasteiger partial charge in [-0.2, -0.15) is 0 Å². The SMILES string of the molecule is C=CC(=O)Nc1ccc2c(c1)c(C=Cc1ccc(F)cc1)cn2C. The fourth-order valence-corrected chi connectivity index (χ4v) is 2.59. The van der Waals surface area contributed by atoms with Gasteiger partial charge in [0, 0.05) is 35.4 Å². The summed E-state index contributed by atoms with van der Waals surface area (Å²) >= 11 is 0. The summed E-state index contributed by atoms with van der Waals surface area (Å²) < 4.78 is 15.0. The van der Waals surface area contributed by atoms with Crippen LogP contribution < -0.4 is 5.32 Å². The van der Waals surface area contributed by atoms with Gasteiger partial charge in [0.05, 0.1) is 0 Å². The van der Waals surface area contributed by atoms with E-state index in [9.17, 15) is 9.18 Å². The van der Waals surface area contributed by atoms with Crippen molar-refractivity contribution in [2.24, 2.45) is 7.05 Å². The Morgan fingerprint density at radius 1 is 1.17 bits per heavy atom. The molecule has 120 valence electrons. The number of anilines is 1. The zero-order valence-electron chi connectivity index (χ0n) is 13.3. The Morgan fingerprint density at radius 2 is 1.92 bits per heavy atom. The van der Waals surface area contributed by atoms with Crippen LogP contribution in [0.4, 0.5) is 10.1 Å². The summed E-state index contributed by atoms with van der Waals surface area (Å²) in [7, 11) is 1.97. The summed E-state index contributed by atoms with van der Waals surface area (Å²) in [5, 5.41) is 3.79. The Kier molecular flexibility index (Phi) is 4.29. The van der Waals surface area contributed by atoms with Crippen LogP contribution >= 0.6 is 0 Å². The van der Waals surface area contributed by atoms with Crippen LogP contribution in [0.25, 0.3) is 23.1 Å². The highest BCUT2D eigenvalue weighted by Gasteiger charge is 2.06. The number of halogens is 1. The number of nitrogens with zero attached hydrogens (tertiary/aromatic N) is 1. The Balaban J connectivity index is 1.97. The quantitative estimate of drug-likeness (QED) is 0.700. The number of hydrogen-bond acceptors (Lipinski definition) is 1. The Morgan fingerprint density at radius 3 is 2.62 bits per heavy atom. The molecule has 3 aromatic rings. The molecule has 1 amide bonds. The van der Waals surface area contributed by atoms with Crippen molar-refractivity contribution in [2.75, 3.05) is 5.32 Å². The minimum Gasteiger partial charge on any atom is -0.350 e. The first-order valence-electron chi connectivity index (χ1n) is 7.53. The minimum absolute atomic E-state index is 0.242. The largest absolute Gasteiger partial charge is 0.350 e. The van der Waals surface area contributed by atoms with E-state index in [1.165, 1.54) is 18.2 Å². The fraction of sp³-hybridized carbons (Fsp3) is 0.0500. The number of benzene rings is 2. The molecule has 1 N–H and O–H groups in total. The van der Waals surface area contributed by atoms with Gasteiger partial charge in [0.1, 0.15) is 5.82 Å². The first-order chi connectivity index (χ1) is 11.6. The predicted molar refractivity (Wildman–Crippen MR) is 97.1 cm³/mol. The molecular formula is C20H17FN2O. The molecule has 0 aliphatic rings. The summed E-state index contributed by atoms with van der Waals surface area (Å²) in [6.07, 6.45) is 7.17. The van der Waals surface area contributed by atoms with Crippen molar-refractivity contribution in [3.8, 4) is 0 Å². The van der Waals surface area contributed by atoms with Gasteiger partial charge >= 0.3 is 0 Å². The van der Waals surface area contributed by atoms with Gasteiger partial charge in [0.25, 0.3) is 0 Å². The number of rotatable bonds is 4. The predicted octanol–water partition coefficient (Wildman–Crippen LogP) is 4.61. The van der Waals surface area contributed by atoms with Gasteiger partial charge < -0.3 is 9.88 Å². The lowest BCUT2D eigenvalue weighted by molar-refractivity contribution is -0.111. The monoisotopic (exact) mass is 320 g/mol. The second-order valence-electron chi connectivity index (χ2n) is 5.51. The maximum atomic E-state index is 13.0. The van der Waals surface area contributed by atoms with Gasteiger partial charge in [0.2, 0.25) is 5.91 Å². The molecule has 0 aliphatic heterocycles. The average molecular weight is 320 g/mol. The van der Waals surface area contributed by atoms with Crippen molar-refractivity contribution in [1.82, 2.24) is 4.57 Å². The fourth-order valence-electron chi connectivity index (χ4n) is 2.59. The van der Waals surface area contributed by atoms with Crippen LogP contribution in [0.5, 0.6) is 0 Å². The van der Waals surface area contributed by atoms with Gasteiger partial charge in [-0.1, -0.05) is 30.9 Å². The van der Waals surface area contributed by atoms with E-state index in [2.05, 4.69) is 11.9 Å². The van der Waals surface area contributed by atoms with Crippen LogP contribution in [0, 0.1) is 5.82 Å². The first-order valence-corrected chi connectivity index (χ1v) is 7.53. The van der Waals surface area contributed by atoms with Crippen LogP contribution in [0.1, 0.15) is 11.1 Å². The van der Waals surface area contributed by atoms with E-state index in [1.807, 2.05) is 48.2 Å². The molecule has 1 aromatic heterocycles. The zero-order chi connectivity index (χ0) is 17.1. The molecule has 0 saturated heterocycles. The third-order valence-corrected chi connectivity index (χ3v) is 3.80. The molecule has 0 unspecified atom stereocenters. The number of hydrogen-bond donors (Lipinski definition) is 1. The van der Waals surface area contributed by atoms with E-state index in [0.717, 1.165) is 27.7 Å². The molecular weight excluding hydrogens is 303 g/mol. The molecule has 2 aromatic carbocycles. The van der Waals surface area contributed by atoms with Crippen LogP contribution in [0.3, 0.4) is 0 Å². The topological polar surface area (TPSA) is 34.0 Å². The highest BCUT2D eigenvalue weighted by Crippen LogP contribution is 2.26. The molecule has 0 atom stereocenters. The van der Waals surface area contributed by atoms with Crippen molar-refractivity contribution in [3.05, 3.63) is 78.3 Å². The van der Waals surface area contributed by atoms with Crippen LogP contribution in [-0.4, -0.2) is 10.5 Å². The Bertz CT molecular complexity index is 936. The third kappa shape index (κ3) is 3.27. The standard InChI is InChI=1S/C20H17FN2O/c1-3-20(24)22-17-10-11-19-18(12-17)15(13-23(19)2)7-4-14-5-8-16(21)9-6-14/h3-13H,1H2,2H3,(H,22,24). The van der Waals surface area contributed by atoms with E-state index in [1.54, 1.807) is 12.1 Å². The molecule has 0 aliphatic carbocycles. The van der Waals surface area contributed by atoms with E-state index < -0.39 is 0 Å². The van der Waals surface area contributed by atoms with Crippen molar-refractivity contribution >= 4 is 34.6 Å². The maximum absolute atomic E-state index is 13.0. The van der Waals surface area contributed by atoms with Crippen molar-refractivity contribution in [2.45, 2.75) is 0 Å². The summed E-state index contributed by atoms with van der Waals surface area (Å²) in [6, 6.07) is 12.1. The van der Waals surface area contributed by atoms with Gasteiger partial charge in [-0.05, 0) is 42.0 Å². The van der Waals surface area contributed by atoms with Crippen molar-refractivity contribution < 1.29 is 9.18 Å². The van der Waals surface area contributed by atoms with E-state index in [4.69, 9.17) is 0 Å². The summed E-state index contributed by atoms with van der Waals surface area (Å²) in [5.41, 5.74) is 3.72. The lowest BCUT2D eigenvalue weighted by Crippen LogP contribution is -2.06. The molecule has 24 heavy (non-hydrogen) atoms. The smallest absolute Gasteiger partial charge is 0.247 e. The lowest BCUT2D eigenvalue weighted by Gasteiger charge is -2.03. The maximum Gasteiger partial charge on any atom is 0.247 e. The number of carbonyl (C=O) groups excluding carboxylic acids is 1. The van der Waals surface area contributed by atoms with Crippen LogP contribution in [0.2, 0.25) is 0 Å². The molecule has 0 spiro atoms. The molecule has 1 heterocycles. The number of fused-ring (bicyclic) bond motifs is 1. The molecule has 0 bridgehead atoms. The molecule has 4 heteroatoms. The van der Waals surface area contributed by atoms with E-state index in [0.29, 0.717) is 0 Å². The van der Waals surface area contributed by atoms with Gasteiger partial charge in [-0.25, -0.2) is 4.39 Å². The van der Waals surface area contributed by atoms with E-state index >= 15 is 0 Å². The summed E-state index contributed by atoms with van der Waals surface area (Å²) in [5.74, 6) is -0.492. The minimum atomic E-state index is -0.250. The van der Waals surface area contributed by atoms with Crippen molar-refractivity contribution in [3.63, 3.8) is 0 Å². The Hall–Kier alpha value is -3.14. The molecule has 0 radical (unpaired) electrons. The number of aryl methyl sites for hydroxylation is 1. The summed E-state index contributed by atoms with van der Waals surface area (Å²) in [6.45, 7) is 3.46. The average Bonchev–Trinajstić information content (AvgIpc) is 2.90. The molecule has 3 rings (SSSR count). The van der Waals surface area contributed by atoms with Crippen LogP contribution in [0.15, 0.2) is 61.3 Å². The molecule has 0 saturated carbocycles. The van der Waals surface area contributed by atoms with Gasteiger partial charge in [-0.15, -0.1) is 0 Å². The summed E-state index contributed by atoms with van der Waals surface area (Å²) in [4.78, 5) is 11.5. The molecule has 3 nitrogen and oxygen atoms in total. The second kappa shape index (κ2) is 6.54. The Labute approximate surface area is 139 Å². The van der Waals surface area contributed by atoms with E-state index in [-0.39, 0.29) is 11.7 Å².